The molecule has 1 aromatic heterocycles. The van der Waals surface area contributed by atoms with Crippen LogP contribution in [0.2, 0.25) is 0 Å². The molecular formula is C24H21FN2O3. The Balaban J connectivity index is 1.96. The number of fused-ring (bicyclic) bond motifs is 2. The number of amides is 1. The minimum atomic E-state index is -1.11. The lowest BCUT2D eigenvalue weighted by Gasteiger charge is -2.16. The Morgan fingerprint density at radius 2 is 1.77 bits per heavy atom. The number of rotatable bonds is 5. The van der Waals surface area contributed by atoms with Gasteiger partial charge in [0.15, 0.2) is 0 Å². The lowest BCUT2D eigenvalue weighted by atomic mass is 10.0. The second-order valence-electron chi connectivity index (χ2n) is 7.39. The number of carboxylic acids is 1. The van der Waals surface area contributed by atoms with Gasteiger partial charge in [0.1, 0.15) is 11.5 Å². The molecule has 4 rings (SSSR count). The van der Waals surface area contributed by atoms with Crippen LogP contribution in [-0.4, -0.2) is 33.5 Å². The Bertz CT molecular complexity index is 1290. The van der Waals surface area contributed by atoms with Gasteiger partial charge in [-0.3, -0.25) is 4.79 Å². The van der Waals surface area contributed by atoms with Crippen molar-refractivity contribution in [1.29, 1.82) is 0 Å². The number of carboxylic acid groups (broad SMARTS) is 1. The van der Waals surface area contributed by atoms with E-state index in [0.29, 0.717) is 23.0 Å². The van der Waals surface area contributed by atoms with Gasteiger partial charge in [0.25, 0.3) is 0 Å². The van der Waals surface area contributed by atoms with Crippen molar-refractivity contribution < 1.29 is 19.1 Å². The van der Waals surface area contributed by atoms with Gasteiger partial charge in [-0.25, -0.2) is 9.18 Å². The van der Waals surface area contributed by atoms with E-state index < -0.39 is 11.8 Å². The Hall–Kier alpha value is -3.67. The van der Waals surface area contributed by atoms with E-state index in [0.717, 1.165) is 16.3 Å². The fourth-order valence-electron chi connectivity index (χ4n) is 3.91. The second-order valence-corrected chi connectivity index (χ2v) is 7.39. The molecule has 3 aromatic carbocycles. The molecule has 1 amide bonds. The zero-order valence-corrected chi connectivity index (χ0v) is 16.7. The molecule has 0 unspecified atom stereocenters. The highest BCUT2D eigenvalue weighted by molar-refractivity contribution is 5.99. The summed E-state index contributed by atoms with van der Waals surface area (Å²) in [5.74, 6) is -1.76. The Kier molecular flexibility index (Phi) is 4.99. The van der Waals surface area contributed by atoms with Crippen molar-refractivity contribution in [2.75, 3.05) is 7.05 Å². The molecule has 6 heteroatoms. The van der Waals surface area contributed by atoms with Gasteiger partial charge in [-0.15, -0.1) is 0 Å². The first-order chi connectivity index (χ1) is 14.4. The van der Waals surface area contributed by atoms with Crippen LogP contribution in [-0.2, 0) is 17.9 Å². The minimum absolute atomic E-state index is 0.0663. The second kappa shape index (κ2) is 7.63. The fourth-order valence-corrected chi connectivity index (χ4v) is 3.91. The van der Waals surface area contributed by atoms with E-state index in [4.69, 9.17) is 0 Å². The molecule has 0 saturated carbocycles. The number of benzene rings is 3. The van der Waals surface area contributed by atoms with Crippen LogP contribution in [0.25, 0.3) is 21.7 Å². The number of hydrogen-bond acceptors (Lipinski definition) is 2. The Morgan fingerprint density at radius 3 is 2.50 bits per heavy atom. The lowest BCUT2D eigenvalue weighted by molar-refractivity contribution is -0.128. The lowest BCUT2D eigenvalue weighted by Crippen LogP contribution is -2.24. The molecule has 0 bridgehead atoms. The van der Waals surface area contributed by atoms with Gasteiger partial charge in [-0.2, -0.15) is 0 Å². The summed E-state index contributed by atoms with van der Waals surface area (Å²) in [6.45, 7) is 1.81. The summed E-state index contributed by atoms with van der Waals surface area (Å²) in [4.78, 5) is 25.5. The SMILES string of the molecule is CC(=O)N(C)Cc1c(C(=O)O)n(Cc2cccc3ccccc23)c2ccc(F)cc12. The van der Waals surface area contributed by atoms with Gasteiger partial charge < -0.3 is 14.6 Å². The molecule has 0 aliphatic heterocycles. The minimum Gasteiger partial charge on any atom is -0.477 e. The zero-order chi connectivity index (χ0) is 21.4. The summed E-state index contributed by atoms with van der Waals surface area (Å²) in [5.41, 5.74) is 2.07. The van der Waals surface area contributed by atoms with Crippen molar-refractivity contribution in [3.63, 3.8) is 0 Å². The van der Waals surface area contributed by atoms with Crippen molar-refractivity contribution >= 4 is 33.6 Å². The van der Waals surface area contributed by atoms with Crippen LogP contribution < -0.4 is 0 Å². The van der Waals surface area contributed by atoms with Crippen molar-refractivity contribution in [3.05, 3.63) is 83.3 Å². The molecule has 0 atom stereocenters. The molecule has 0 radical (unpaired) electrons. The van der Waals surface area contributed by atoms with Crippen LogP contribution >= 0.6 is 0 Å². The maximum absolute atomic E-state index is 14.1. The van der Waals surface area contributed by atoms with Crippen LogP contribution in [0.5, 0.6) is 0 Å². The highest BCUT2D eigenvalue weighted by atomic mass is 19.1. The molecule has 1 heterocycles. The van der Waals surface area contributed by atoms with E-state index in [1.807, 2.05) is 42.5 Å². The van der Waals surface area contributed by atoms with Crippen molar-refractivity contribution in [1.82, 2.24) is 9.47 Å². The molecule has 152 valence electrons. The molecule has 30 heavy (non-hydrogen) atoms. The van der Waals surface area contributed by atoms with Gasteiger partial charge in [-0.05, 0) is 34.5 Å². The largest absolute Gasteiger partial charge is 0.477 e. The first kappa shape index (κ1) is 19.6. The van der Waals surface area contributed by atoms with Gasteiger partial charge >= 0.3 is 5.97 Å². The predicted octanol–water partition coefficient (Wildman–Crippen LogP) is 4.66. The molecule has 5 nitrogen and oxygen atoms in total. The average Bonchev–Trinajstić information content (AvgIpc) is 3.00. The van der Waals surface area contributed by atoms with E-state index in [1.54, 1.807) is 17.7 Å². The maximum Gasteiger partial charge on any atom is 0.352 e. The molecule has 0 aliphatic carbocycles. The molecule has 4 aromatic rings. The summed E-state index contributed by atoms with van der Waals surface area (Å²) in [6, 6.07) is 18.1. The third-order valence-corrected chi connectivity index (χ3v) is 5.47. The zero-order valence-electron chi connectivity index (χ0n) is 16.7. The van der Waals surface area contributed by atoms with Gasteiger partial charge in [0.05, 0.1) is 0 Å². The van der Waals surface area contributed by atoms with E-state index in [1.165, 1.54) is 24.0 Å². The van der Waals surface area contributed by atoms with Crippen LogP contribution in [0, 0.1) is 5.82 Å². The van der Waals surface area contributed by atoms with Gasteiger partial charge in [0, 0.05) is 43.5 Å². The summed E-state index contributed by atoms with van der Waals surface area (Å²) >= 11 is 0. The van der Waals surface area contributed by atoms with Crippen LogP contribution in [0.15, 0.2) is 60.7 Å². The molecular weight excluding hydrogens is 383 g/mol. The monoisotopic (exact) mass is 404 g/mol. The Morgan fingerprint density at radius 1 is 1.03 bits per heavy atom. The van der Waals surface area contributed by atoms with Crippen LogP contribution in [0.3, 0.4) is 0 Å². The van der Waals surface area contributed by atoms with Crippen molar-refractivity contribution in [2.45, 2.75) is 20.0 Å². The first-order valence-electron chi connectivity index (χ1n) is 9.59. The maximum atomic E-state index is 14.1. The summed E-state index contributed by atoms with van der Waals surface area (Å²) in [7, 11) is 1.60. The summed E-state index contributed by atoms with van der Waals surface area (Å²) in [5, 5.41) is 12.6. The first-order valence-corrected chi connectivity index (χ1v) is 9.59. The van der Waals surface area contributed by atoms with Crippen molar-refractivity contribution in [2.24, 2.45) is 0 Å². The number of carbonyl (C=O) groups is 2. The van der Waals surface area contributed by atoms with Crippen LogP contribution in [0.4, 0.5) is 4.39 Å². The molecule has 0 fully saturated rings. The number of aromatic nitrogens is 1. The molecule has 0 aliphatic rings. The number of nitrogens with zero attached hydrogens (tertiary/aromatic N) is 2. The topological polar surface area (TPSA) is 62.5 Å². The molecule has 1 N–H and O–H groups in total. The van der Waals surface area contributed by atoms with E-state index in [9.17, 15) is 19.1 Å². The highest BCUT2D eigenvalue weighted by Gasteiger charge is 2.24. The smallest absolute Gasteiger partial charge is 0.352 e. The standard InChI is InChI=1S/C24H21FN2O3/c1-15(28)26(2)14-21-20-12-18(25)10-11-22(20)27(23(21)24(29)30)13-17-8-5-7-16-6-3-4-9-19(16)17/h3-12H,13-14H2,1-2H3,(H,29,30). The van der Waals surface area contributed by atoms with E-state index in [2.05, 4.69) is 0 Å². The molecule has 0 spiro atoms. The third-order valence-electron chi connectivity index (χ3n) is 5.47. The number of carbonyl (C=O) groups excluding carboxylic acids is 1. The summed E-state index contributed by atoms with van der Waals surface area (Å²) < 4.78 is 15.7. The average molecular weight is 404 g/mol. The van der Waals surface area contributed by atoms with Gasteiger partial charge in [-0.1, -0.05) is 42.5 Å². The predicted molar refractivity (Wildman–Crippen MR) is 114 cm³/mol. The molecule has 0 saturated heterocycles. The number of halogens is 1. The quantitative estimate of drug-likeness (QED) is 0.526. The highest BCUT2D eigenvalue weighted by Crippen LogP contribution is 2.30. The third kappa shape index (κ3) is 3.41. The van der Waals surface area contributed by atoms with Crippen molar-refractivity contribution in [3.8, 4) is 0 Å². The van der Waals surface area contributed by atoms with Gasteiger partial charge in [0.2, 0.25) is 5.91 Å². The number of aromatic carboxylic acids is 1. The van der Waals surface area contributed by atoms with Crippen LogP contribution in [0.1, 0.15) is 28.5 Å². The summed E-state index contributed by atoms with van der Waals surface area (Å²) in [6.07, 6.45) is 0. The van der Waals surface area contributed by atoms with E-state index in [-0.39, 0.29) is 18.1 Å². The normalized spacial score (nSPS) is 11.2. The fraction of sp³-hybridized carbons (Fsp3) is 0.167. The van der Waals surface area contributed by atoms with E-state index >= 15 is 0 Å². The number of hydrogen-bond donors (Lipinski definition) is 1. The Labute approximate surface area is 173 Å².